The summed E-state index contributed by atoms with van der Waals surface area (Å²) in [6.07, 6.45) is 0. The average Bonchev–Trinajstić information content (AvgIpc) is 3.20. The third-order valence-corrected chi connectivity index (χ3v) is 6.28. The highest BCUT2D eigenvalue weighted by atomic mass is 35.5. The largest absolute Gasteiger partial charge is 0.310 e. The molecule has 0 bridgehead atoms. The lowest BCUT2D eigenvalue weighted by Gasteiger charge is -2.25. The Labute approximate surface area is 197 Å². The maximum atomic E-state index is 6.20. The summed E-state index contributed by atoms with van der Waals surface area (Å²) in [5.41, 5.74) is 6.78. The van der Waals surface area contributed by atoms with Crippen molar-refractivity contribution >= 4 is 50.5 Å². The molecule has 158 valence electrons. The maximum absolute atomic E-state index is 6.20. The molecule has 0 unspecified atom stereocenters. The maximum Gasteiger partial charge on any atom is 0.0561 e. The van der Waals surface area contributed by atoms with Crippen molar-refractivity contribution in [1.29, 1.82) is 0 Å². The van der Waals surface area contributed by atoms with Crippen LogP contribution in [-0.4, -0.2) is 4.57 Å². The second-order valence-corrected chi connectivity index (χ2v) is 8.47. The summed E-state index contributed by atoms with van der Waals surface area (Å²) in [5.74, 6) is 0. The summed E-state index contributed by atoms with van der Waals surface area (Å²) >= 11 is 6.20. The molecular formula is C30H21ClN2. The Morgan fingerprint density at radius 1 is 0.485 bits per heavy atom. The third kappa shape index (κ3) is 3.45. The molecule has 0 atom stereocenters. The van der Waals surface area contributed by atoms with Crippen LogP contribution in [0, 0.1) is 0 Å². The van der Waals surface area contributed by atoms with E-state index in [-0.39, 0.29) is 0 Å². The molecule has 1 heterocycles. The number of hydrogen-bond acceptors (Lipinski definition) is 1. The van der Waals surface area contributed by atoms with Crippen LogP contribution in [0.1, 0.15) is 0 Å². The molecule has 0 saturated heterocycles. The smallest absolute Gasteiger partial charge is 0.0561 e. The molecule has 0 spiro atoms. The van der Waals surface area contributed by atoms with Gasteiger partial charge >= 0.3 is 0 Å². The Morgan fingerprint density at radius 2 is 1.06 bits per heavy atom. The van der Waals surface area contributed by atoms with Crippen molar-refractivity contribution in [2.75, 3.05) is 4.90 Å². The second-order valence-electron chi connectivity index (χ2n) is 8.04. The van der Waals surface area contributed by atoms with E-state index in [1.807, 2.05) is 18.2 Å². The molecule has 6 aromatic rings. The fraction of sp³-hybridized carbons (Fsp3) is 0. The van der Waals surface area contributed by atoms with E-state index in [2.05, 4.69) is 119 Å². The lowest BCUT2D eigenvalue weighted by Crippen LogP contribution is -2.09. The van der Waals surface area contributed by atoms with Crippen molar-refractivity contribution in [2.45, 2.75) is 0 Å². The molecular weight excluding hydrogens is 424 g/mol. The number of halogens is 1. The minimum Gasteiger partial charge on any atom is -0.310 e. The van der Waals surface area contributed by atoms with E-state index in [4.69, 9.17) is 11.6 Å². The van der Waals surface area contributed by atoms with Gasteiger partial charge in [-0.2, -0.15) is 0 Å². The van der Waals surface area contributed by atoms with Gasteiger partial charge in [-0.25, -0.2) is 0 Å². The summed E-state index contributed by atoms with van der Waals surface area (Å²) in [4.78, 5) is 2.27. The van der Waals surface area contributed by atoms with Gasteiger partial charge in [-0.3, -0.25) is 0 Å². The number of nitrogens with zero attached hydrogens (tertiary/aromatic N) is 2. The van der Waals surface area contributed by atoms with Gasteiger partial charge < -0.3 is 9.47 Å². The topological polar surface area (TPSA) is 8.17 Å². The number of aromatic nitrogens is 1. The molecule has 0 fully saturated rings. The Hall–Kier alpha value is -4.01. The quantitative estimate of drug-likeness (QED) is 0.263. The minimum atomic E-state index is 0.728. The van der Waals surface area contributed by atoms with E-state index in [9.17, 15) is 0 Å². The van der Waals surface area contributed by atoms with E-state index < -0.39 is 0 Å². The van der Waals surface area contributed by atoms with Gasteiger partial charge in [-0.1, -0.05) is 72.3 Å². The predicted molar refractivity (Wildman–Crippen MR) is 140 cm³/mol. The number of rotatable bonds is 4. The van der Waals surface area contributed by atoms with Gasteiger partial charge in [-0.15, -0.1) is 0 Å². The van der Waals surface area contributed by atoms with Crippen molar-refractivity contribution in [2.24, 2.45) is 0 Å². The molecule has 0 N–H and O–H groups in total. The molecule has 33 heavy (non-hydrogen) atoms. The molecule has 0 amide bonds. The van der Waals surface area contributed by atoms with E-state index in [1.165, 1.54) is 21.8 Å². The first-order valence-electron chi connectivity index (χ1n) is 11.0. The zero-order chi connectivity index (χ0) is 22.2. The second kappa shape index (κ2) is 8.16. The van der Waals surface area contributed by atoms with Crippen molar-refractivity contribution < 1.29 is 0 Å². The molecule has 2 nitrogen and oxygen atoms in total. The Morgan fingerprint density at radius 3 is 1.82 bits per heavy atom. The molecule has 1 aromatic heterocycles. The molecule has 6 rings (SSSR count). The lowest BCUT2D eigenvalue weighted by atomic mass is 10.1. The van der Waals surface area contributed by atoms with Crippen molar-refractivity contribution in [3.8, 4) is 5.69 Å². The first-order valence-corrected chi connectivity index (χ1v) is 11.4. The predicted octanol–water partition coefficient (Wildman–Crippen LogP) is 8.91. The van der Waals surface area contributed by atoms with Gasteiger partial charge in [-0.05, 0) is 66.7 Å². The molecule has 0 aliphatic rings. The van der Waals surface area contributed by atoms with Gasteiger partial charge in [0.05, 0.1) is 11.0 Å². The van der Waals surface area contributed by atoms with Crippen LogP contribution in [0.3, 0.4) is 0 Å². The highest BCUT2D eigenvalue weighted by Gasteiger charge is 2.17. The monoisotopic (exact) mass is 444 g/mol. The Kier molecular flexibility index (Phi) is 4.86. The number of para-hydroxylation sites is 3. The van der Waals surface area contributed by atoms with Crippen LogP contribution in [0.4, 0.5) is 17.1 Å². The molecule has 0 aliphatic heterocycles. The molecule has 0 radical (unpaired) electrons. The highest BCUT2D eigenvalue weighted by molar-refractivity contribution is 6.30. The molecule has 0 aliphatic carbocycles. The standard InChI is InChI=1S/C30H21ClN2/c31-22-15-17-25(18-16-22)32(23-9-3-1-4-10-23)26-19-20-28-27-13-7-8-14-29(27)33(30(28)21-26)24-11-5-2-6-12-24/h1-21H. The number of benzene rings is 5. The summed E-state index contributed by atoms with van der Waals surface area (Å²) in [6.45, 7) is 0. The Balaban J connectivity index is 1.63. The minimum absolute atomic E-state index is 0.728. The zero-order valence-corrected chi connectivity index (χ0v) is 18.7. The average molecular weight is 445 g/mol. The fourth-order valence-corrected chi connectivity index (χ4v) is 4.69. The Bertz CT molecular complexity index is 1550. The van der Waals surface area contributed by atoms with Crippen molar-refractivity contribution in [3.63, 3.8) is 0 Å². The normalized spacial score (nSPS) is 11.2. The van der Waals surface area contributed by atoms with Crippen LogP contribution >= 0.6 is 11.6 Å². The summed E-state index contributed by atoms with van der Waals surface area (Å²) in [5, 5.41) is 3.22. The molecule has 0 saturated carbocycles. The van der Waals surface area contributed by atoms with Gasteiger partial charge in [0.15, 0.2) is 0 Å². The van der Waals surface area contributed by atoms with Crippen LogP contribution < -0.4 is 4.90 Å². The first kappa shape index (κ1) is 19.7. The first-order chi connectivity index (χ1) is 16.3. The fourth-order valence-electron chi connectivity index (χ4n) is 4.57. The van der Waals surface area contributed by atoms with Crippen LogP contribution in [0.2, 0.25) is 5.02 Å². The SMILES string of the molecule is Clc1ccc(N(c2ccccc2)c2ccc3c4ccccc4n(-c4ccccc4)c3c2)cc1. The van der Waals surface area contributed by atoms with E-state index in [0.29, 0.717) is 0 Å². The number of anilines is 3. The number of hydrogen-bond donors (Lipinski definition) is 0. The summed E-state index contributed by atoms with van der Waals surface area (Å²) < 4.78 is 2.35. The number of fused-ring (bicyclic) bond motifs is 3. The summed E-state index contributed by atoms with van der Waals surface area (Å²) in [6, 6.07) is 44.3. The van der Waals surface area contributed by atoms with Gasteiger partial charge in [0.1, 0.15) is 0 Å². The van der Waals surface area contributed by atoms with Crippen LogP contribution in [0.5, 0.6) is 0 Å². The molecule has 5 aromatic carbocycles. The van der Waals surface area contributed by atoms with Gasteiger partial charge in [0, 0.05) is 38.5 Å². The van der Waals surface area contributed by atoms with Crippen LogP contribution in [0.25, 0.3) is 27.5 Å². The van der Waals surface area contributed by atoms with Gasteiger partial charge in [0.25, 0.3) is 0 Å². The lowest BCUT2D eigenvalue weighted by molar-refractivity contribution is 1.18. The van der Waals surface area contributed by atoms with E-state index >= 15 is 0 Å². The van der Waals surface area contributed by atoms with Gasteiger partial charge in [0.2, 0.25) is 0 Å². The van der Waals surface area contributed by atoms with E-state index in [0.717, 1.165) is 27.8 Å². The zero-order valence-electron chi connectivity index (χ0n) is 17.9. The van der Waals surface area contributed by atoms with Crippen LogP contribution in [-0.2, 0) is 0 Å². The highest BCUT2D eigenvalue weighted by Crippen LogP contribution is 2.39. The summed E-state index contributed by atoms with van der Waals surface area (Å²) in [7, 11) is 0. The molecule has 3 heteroatoms. The third-order valence-electron chi connectivity index (χ3n) is 6.03. The van der Waals surface area contributed by atoms with Crippen LogP contribution in [0.15, 0.2) is 127 Å². The van der Waals surface area contributed by atoms with Crippen molar-refractivity contribution in [3.05, 3.63) is 132 Å². The van der Waals surface area contributed by atoms with E-state index in [1.54, 1.807) is 0 Å². The van der Waals surface area contributed by atoms with Crippen molar-refractivity contribution in [1.82, 2.24) is 4.57 Å².